The van der Waals surface area contributed by atoms with E-state index in [1.165, 1.54) is 0 Å². The number of likely N-dealkylation sites (tertiary alicyclic amines) is 1. The normalized spacial score (nSPS) is 27.9. The molecule has 0 bridgehead atoms. The van der Waals surface area contributed by atoms with Crippen molar-refractivity contribution in [1.82, 2.24) is 4.90 Å². The van der Waals surface area contributed by atoms with Crippen LogP contribution in [0.1, 0.15) is 60.3 Å². The third-order valence-electron chi connectivity index (χ3n) is 5.33. The number of ether oxygens (including phenoxy) is 1. The molecule has 1 aliphatic heterocycles. The number of benzene rings is 1. The Kier molecular flexibility index (Phi) is 5.71. The summed E-state index contributed by atoms with van der Waals surface area (Å²) in [7, 11) is -2.31. The zero-order valence-electron chi connectivity index (χ0n) is 23.2. The van der Waals surface area contributed by atoms with Gasteiger partial charge in [0.1, 0.15) is 0 Å². The molecule has 0 N–H and O–H groups in total. The van der Waals surface area contributed by atoms with Gasteiger partial charge in [-0.05, 0) is 0 Å². The van der Waals surface area contributed by atoms with Crippen molar-refractivity contribution < 1.29 is 24.2 Å². The van der Waals surface area contributed by atoms with Gasteiger partial charge in [-0.3, -0.25) is 0 Å². The number of carbonyl (C=O) groups excluding carboxylic acids is 2. The first-order valence-corrected chi connectivity index (χ1v) is 14.7. The van der Waals surface area contributed by atoms with Crippen LogP contribution in [0, 0.1) is 0 Å². The van der Waals surface area contributed by atoms with Crippen LogP contribution in [-0.2, 0) is 14.0 Å². The summed E-state index contributed by atoms with van der Waals surface area (Å²) in [4.78, 5) is 27.9. The van der Waals surface area contributed by atoms with Gasteiger partial charge in [0.15, 0.2) is 0 Å². The van der Waals surface area contributed by atoms with Crippen LogP contribution in [0.2, 0.25) is 22.4 Å². The predicted molar refractivity (Wildman–Crippen MR) is 125 cm³/mol. The molecule has 1 aromatic rings. The summed E-state index contributed by atoms with van der Waals surface area (Å²) in [5.41, 5.74) is -0.893. The Hall–Kier alpha value is -1.14. The van der Waals surface area contributed by atoms with E-state index in [1.807, 2.05) is 13.1 Å². The van der Waals surface area contributed by atoms with Gasteiger partial charge in [-0.2, -0.15) is 0 Å². The Morgan fingerprint density at radius 1 is 1.27 bits per heavy atom. The molecular weight excluding hydrogens is 461 g/mol. The third-order valence-corrected chi connectivity index (χ3v) is 12.2. The molecule has 1 aliphatic rings. The Bertz CT molecular complexity index is 899. The molecule has 2 rings (SSSR count). The van der Waals surface area contributed by atoms with E-state index in [0.29, 0.717) is 4.46 Å². The van der Waals surface area contributed by atoms with Crippen LogP contribution < -0.4 is 4.46 Å². The molecule has 1 heterocycles. The molecule has 0 aromatic heterocycles. The van der Waals surface area contributed by atoms with E-state index < -0.39 is 64.5 Å². The van der Waals surface area contributed by atoms with E-state index in [0.717, 1.165) is 4.90 Å². The van der Waals surface area contributed by atoms with Crippen molar-refractivity contribution in [2.24, 2.45) is 0 Å². The summed E-state index contributed by atoms with van der Waals surface area (Å²) < 4.78 is 44.5. The van der Waals surface area contributed by atoms with Crippen LogP contribution in [0.3, 0.4) is 0 Å². The monoisotopic (exact) mass is 503 g/mol. The number of hydrogen-bond acceptors (Lipinski definition) is 4. The van der Waals surface area contributed by atoms with Gasteiger partial charge in [0.05, 0.1) is 0 Å². The molecule has 5 nitrogen and oxygen atoms in total. The minimum atomic E-state index is -2.79. The maximum absolute atomic E-state index is 13.9. The summed E-state index contributed by atoms with van der Waals surface area (Å²) >= 11 is -0.936. The van der Waals surface area contributed by atoms with Crippen LogP contribution in [0.4, 0.5) is 4.79 Å². The third kappa shape index (κ3) is 5.97. The molecule has 0 unspecified atom stereocenters. The topological polar surface area (TPSA) is 55.8 Å². The molecule has 0 saturated carbocycles. The van der Waals surface area contributed by atoms with Crippen molar-refractivity contribution in [2.45, 2.75) is 88.9 Å². The van der Waals surface area contributed by atoms with E-state index in [1.54, 1.807) is 51.1 Å². The van der Waals surface area contributed by atoms with Gasteiger partial charge in [-0.15, -0.1) is 0 Å². The summed E-state index contributed by atoms with van der Waals surface area (Å²) in [5.74, 6) is -0.880. The SMILES string of the molecule is [2H][C@H]1[C@@H](CO[Si](C)(C)C(C)(C)C)N(C(=O)OC(C)(C)C)C(=O)[C@]1([Se]c1ccccc1)[12C]([2H])([2H])[2H]. The van der Waals surface area contributed by atoms with E-state index in [2.05, 4.69) is 20.8 Å². The second-order valence-corrected chi connectivity index (χ2v) is 17.7. The molecule has 0 aliphatic carbocycles. The second kappa shape index (κ2) is 8.77. The fourth-order valence-electron chi connectivity index (χ4n) is 2.66. The molecule has 168 valence electrons. The zero-order valence-corrected chi connectivity index (χ0v) is 22.0. The van der Waals surface area contributed by atoms with E-state index >= 15 is 0 Å². The Morgan fingerprint density at radius 3 is 2.37 bits per heavy atom. The second-order valence-electron chi connectivity index (χ2n) is 10.1. The summed E-state index contributed by atoms with van der Waals surface area (Å²) in [6, 6.07) is 7.79. The van der Waals surface area contributed by atoms with Gasteiger partial charge in [-0.1, -0.05) is 0 Å². The van der Waals surface area contributed by atoms with Gasteiger partial charge < -0.3 is 0 Å². The van der Waals surface area contributed by atoms with Crippen molar-refractivity contribution in [2.75, 3.05) is 6.61 Å². The Labute approximate surface area is 194 Å². The van der Waals surface area contributed by atoms with E-state index in [9.17, 15) is 9.59 Å². The molecule has 2 amide bonds. The van der Waals surface area contributed by atoms with Crippen molar-refractivity contribution in [3.05, 3.63) is 30.3 Å². The van der Waals surface area contributed by atoms with Gasteiger partial charge >= 0.3 is 195 Å². The summed E-state index contributed by atoms with van der Waals surface area (Å²) in [6.07, 6.45) is -2.33. The minimum absolute atomic E-state index is 0.0989. The van der Waals surface area contributed by atoms with Gasteiger partial charge in [-0.25, -0.2) is 0 Å². The fraction of sp³-hybridized carbons (Fsp3) is 0.652. The molecule has 30 heavy (non-hydrogen) atoms. The first kappa shape index (κ1) is 19.5. The summed E-state index contributed by atoms with van der Waals surface area (Å²) in [5, 5.41) is -0.140. The first-order valence-electron chi connectivity index (χ1n) is 12.2. The molecule has 0 spiro atoms. The fourth-order valence-corrected chi connectivity index (χ4v) is 5.94. The molecule has 3 atom stereocenters. The zero-order chi connectivity index (χ0) is 26.3. The molecule has 0 radical (unpaired) electrons. The number of rotatable bonds is 5. The van der Waals surface area contributed by atoms with Gasteiger partial charge in [0.2, 0.25) is 0 Å². The van der Waals surface area contributed by atoms with Crippen LogP contribution in [-0.4, -0.2) is 58.4 Å². The average Bonchev–Trinajstić information content (AvgIpc) is 2.86. The van der Waals surface area contributed by atoms with E-state index in [-0.39, 0.29) is 11.6 Å². The number of amides is 2. The maximum atomic E-state index is 13.9. The van der Waals surface area contributed by atoms with Crippen LogP contribution in [0.15, 0.2) is 30.3 Å². The predicted octanol–water partition coefficient (Wildman–Crippen LogP) is 4.75. The van der Waals surface area contributed by atoms with Crippen molar-refractivity contribution >= 4 is 39.7 Å². The van der Waals surface area contributed by atoms with Gasteiger partial charge in [0.25, 0.3) is 0 Å². The first-order chi connectivity index (χ1) is 15.2. The van der Waals surface area contributed by atoms with E-state index in [4.69, 9.17) is 14.6 Å². The van der Waals surface area contributed by atoms with Crippen molar-refractivity contribution in [1.29, 1.82) is 0 Å². The standard InChI is InChI=1S/C23H37NO4SeSi/c1-21(2,3)28-20(26)24-17(16-27-30(8,9)22(4,5)6)15-23(7,19(24)25)29-18-13-11-10-12-14-18/h10-14,17H,15-16H2,1-9H3/t17-,23-/m0/s1/i7+0D3,15D/t15-,17-,23-. The Morgan fingerprint density at radius 2 is 1.87 bits per heavy atom. The van der Waals surface area contributed by atoms with Crippen LogP contribution >= 0.6 is 0 Å². The molecule has 1 saturated heterocycles. The Balaban J connectivity index is 2.58. The van der Waals surface area contributed by atoms with Crippen LogP contribution in [0.25, 0.3) is 0 Å². The number of hydrogen-bond donors (Lipinski definition) is 0. The molecule has 7 heteroatoms. The van der Waals surface area contributed by atoms with Gasteiger partial charge in [0, 0.05) is 0 Å². The van der Waals surface area contributed by atoms with Crippen LogP contribution in [0.5, 0.6) is 0 Å². The number of nitrogens with zero attached hydrogens (tertiary/aromatic N) is 1. The summed E-state index contributed by atoms with van der Waals surface area (Å²) in [6.45, 7) is 12.4. The quantitative estimate of drug-likeness (QED) is 0.546. The molecular formula is C23H37NO4SeSi. The number of carbonyl (C=O) groups is 2. The van der Waals surface area contributed by atoms with Crippen molar-refractivity contribution in [3.63, 3.8) is 0 Å². The molecule has 1 aromatic carbocycles. The van der Waals surface area contributed by atoms with Crippen molar-refractivity contribution in [3.8, 4) is 0 Å². The average molecular weight is 503 g/mol. The molecule has 1 fully saturated rings. The number of imide groups is 1.